The van der Waals surface area contributed by atoms with Gasteiger partial charge in [-0.3, -0.25) is 0 Å². The molecule has 10 heteroatoms. The molecule has 10 heavy (non-hydrogen) atoms. The van der Waals surface area contributed by atoms with Crippen LogP contribution in [0.3, 0.4) is 0 Å². The minimum absolute atomic E-state index is 0. The predicted molar refractivity (Wildman–Crippen MR) is 33.6 cm³/mol. The summed E-state index contributed by atoms with van der Waals surface area (Å²) < 4.78 is 0. The van der Waals surface area contributed by atoms with E-state index >= 15 is 0 Å². The van der Waals surface area contributed by atoms with Gasteiger partial charge in [0.15, 0.2) is 0 Å². The van der Waals surface area contributed by atoms with E-state index in [1.54, 1.807) is 0 Å². The zero-order valence-corrected chi connectivity index (χ0v) is 7.53. The van der Waals surface area contributed by atoms with Gasteiger partial charge in [-0.25, -0.2) is 0 Å². The molecule has 0 radical (unpaired) electrons. The van der Waals surface area contributed by atoms with Crippen molar-refractivity contribution in [1.82, 2.24) is 0 Å². The van der Waals surface area contributed by atoms with E-state index in [-0.39, 0.29) is 96.9 Å². The molecule has 0 aliphatic heterocycles. The van der Waals surface area contributed by atoms with E-state index in [1.807, 2.05) is 0 Å². The fourth-order valence-corrected chi connectivity index (χ4v) is 0. The number of hydrogen-bond donors (Lipinski definition) is 0. The van der Waals surface area contributed by atoms with Crippen LogP contribution < -0.4 is 0 Å². The maximum atomic E-state index is 8.25. The van der Waals surface area contributed by atoms with Crippen molar-refractivity contribution in [3.05, 3.63) is 30.6 Å². The van der Waals surface area contributed by atoms with E-state index in [2.05, 4.69) is 0 Å². The van der Waals surface area contributed by atoms with Crippen molar-refractivity contribution in [3.8, 4) is 0 Å². The van der Waals surface area contributed by atoms with Gasteiger partial charge in [-0.1, -0.05) is 0 Å². The van der Waals surface area contributed by atoms with Gasteiger partial charge in [0.2, 0.25) is 0 Å². The van der Waals surface area contributed by atoms with Gasteiger partial charge in [0.05, 0.1) is 10.2 Å². The van der Waals surface area contributed by atoms with Crippen molar-refractivity contribution in [2.45, 2.75) is 0 Å². The molecular formula is HKN2O6Sr. The van der Waals surface area contributed by atoms with Crippen LogP contribution in [0, 0.1) is 30.6 Å². The van der Waals surface area contributed by atoms with Crippen LogP contribution in [0.25, 0.3) is 0 Å². The molecule has 50 valence electrons. The van der Waals surface area contributed by atoms with Gasteiger partial charge in [0.1, 0.15) is 0 Å². The van der Waals surface area contributed by atoms with Crippen LogP contribution in [0.5, 0.6) is 0 Å². The van der Waals surface area contributed by atoms with Crippen molar-refractivity contribution in [2.24, 2.45) is 0 Å². The first-order valence-electron chi connectivity index (χ1n) is 1.10. The molecular weight excluding hydrogens is 251 g/mol. The van der Waals surface area contributed by atoms with Crippen LogP contribution in [0.15, 0.2) is 0 Å². The quantitative estimate of drug-likeness (QED) is 0.292. The van der Waals surface area contributed by atoms with Crippen LogP contribution >= 0.6 is 0 Å². The Morgan fingerprint density at radius 2 is 0.800 bits per heavy atom. The average molecular weight is 252 g/mol. The summed E-state index contributed by atoms with van der Waals surface area (Å²) in [4.78, 5) is 16.5. The molecule has 0 aromatic heterocycles. The SMILES string of the molecule is O=[N+]([O-])[O-].O=[N+]([O-])[O-].[KH].[Sr+2]. The second-order valence-electron chi connectivity index (χ2n) is 0.447. The largest absolute Gasteiger partial charge is 2.00 e. The first kappa shape index (κ1) is 22.5. The van der Waals surface area contributed by atoms with Gasteiger partial charge in [-0.2, -0.15) is 0 Å². The predicted octanol–water partition coefficient (Wildman–Crippen LogP) is -1.51. The molecule has 0 atom stereocenters. The second kappa shape index (κ2) is 16.9. The Morgan fingerprint density at radius 3 is 0.800 bits per heavy atom. The summed E-state index contributed by atoms with van der Waals surface area (Å²) in [7, 11) is 0. The molecule has 0 saturated heterocycles. The Kier molecular flexibility index (Phi) is 38.0. The van der Waals surface area contributed by atoms with E-state index in [0.29, 0.717) is 0 Å². The molecule has 0 rings (SSSR count). The molecule has 0 unspecified atom stereocenters. The molecule has 0 aliphatic carbocycles. The van der Waals surface area contributed by atoms with E-state index in [1.165, 1.54) is 0 Å². The summed E-state index contributed by atoms with van der Waals surface area (Å²) in [6.45, 7) is 0. The Labute approximate surface area is 134 Å². The standard InChI is InChI=1S/K.2NO3.Sr.H/c;2*2-1(3)4;;/q;2*-1;+2;. The zero-order chi connectivity index (χ0) is 7.15. The maximum Gasteiger partial charge on any atom is 2.00 e. The van der Waals surface area contributed by atoms with Crippen molar-refractivity contribution in [3.63, 3.8) is 0 Å². The van der Waals surface area contributed by atoms with Crippen molar-refractivity contribution in [1.29, 1.82) is 0 Å². The molecule has 0 amide bonds. The van der Waals surface area contributed by atoms with E-state index in [0.717, 1.165) is 0 Å². The van der Waals surface area contributed by atoms with Gasteiger partial charge >= 0.3 is 96.9 Å². The van der Waals surface area contributed by atoms with Gasteiger partial charge in [0.25, 0.3) is 0 Å². The first-order valence-corrected chi connectivity index (χ1v) is 1.10. The van der Waals surface area contributed by atoms with Crippen LogP contribution in [-0.4, -0.2) is 107 Å². The molecule has 8 nitrogen and oxygen atoms in total. The Bertz CT molecular complexity index is 73.7. The fourth-order valence-electron chi connectivity index (χ4n) is 0. The Hall–Kier alpha value is 1.52. The van der Waals surface area contributed by atoms with E-state index < -0.39 is 10.2 Å². The van der Waals surface area contributed by atoms with E-state index in [4.69, 9.17) is 30.6 Å². The molecule has 0 bridgehead atoms. The normalized spacial score (nSPS) is 4.80. The fraction of sp³-hybridized carbons (Fsp3) is 0. The van der Waals surface area contributed by atoms with E-state index in [9.17, 15) is 0 Å². The van der Waals surface area contributed by atoms with Crippen molar-refractivity contribution >= 4 is 96.9 Å². The number of hydrogen-bond acceptors (Lipinski definition) is 6. The van der Waals surface area contributed by atoms with Gasteiger partial charge in [-0.05, 0) is 0 Å². The van der Waals surface area contributed by atoms with Crippen LogP contribution in [0.4, 0.5) is 0 Å². The summed E-state index contributed by atoms with van der Waals surface area (Å²) in [6.07, 6.45) is 0. The second-order valence-corrected chi connectivity index (χ2v) is 0.447. The summed E-state index contributed by atoms with van der Waals surface area (Å²) >= 11 is 0. The number of rotatable bonds is 0. The maximum absolute atomic E-state index is 8.25. The van der Waals surface area contributed by atoms with Crippen molar-refractivity contribution < 1.29 is 10.2 Å². The first-order chi connectivity index (χ1) is 3.46. The Balaban J connectivity index is -0.0000000300. The Morgan fingerprint density at radius 1 is 0.800 bits per heavy atom. The van der Waals surface area contributed by atoms with Gasteiger partial charge in [-0.15, -0.1) is 0 Å². The third-order valence-electron chi connectivity index (χ3n) is 0. The minimum atomic E-state index is -1.75. The average Bonchev–Trinajstić information content (AvgIpc) is 1.25. The molecule has 0 aromatic carbocycles. The molecule has 0 fully saturated rings. The third-order valence-corrected chi connectivity index (χ3v) is 0. The summed E-state index contributed by atoms with van der Waals surface area (Å²) in [5.41, 5.74) is 0. The topological polar surface area (TPSA) is 132 Å². The number of nitrogens with zero attached hydrogens (tertiary/aromatic N) is 2. The molecule has 0 aromatic rings. The molecule has 0 heterocycles. The van der Waals surface area contributed by atoms with Crippen LogP contribution in [0.2, 0.25) is 0 Å². The molecule has 0 N–H and O–H groups in total. The minimum Gasteiger partial charge on any atom is 2.00 e. The monoisotopic (exact) mass is 252 g/mol. The van der Waals surface area contributed by atoms with Gasteiger partial charge < -0.3 is 30.6 Å². The smallest absolute Gasteiger partial charge is 2.00 e. The van der Waals surface area contributed by atoms with Gasteiger partial charge in [0, 0.05) is 0 Å². The van der Waals surface area contributed by atoms with Crippen LogP contribution in [-0.2, 0) is 0 Å². The molecule has 0 saturated carbocycles. The third kappa shape index (κ3) is 300. The van der Waals surface area contributed by atoms with Crippen molar-refractivity contribution in [2.75, 3.05) is 0 Å². The molecule has 0 spiro atoms. The summed E-state index contributed by atoms with van der Waals surface area (Å²) in [5.74, 6) is 0. The molecule has 0 aliphatic rings. The van der Waals surface area contributed by atoms with Crippen LogP contribution in [0.1, 0.15) is 0 Å². The summed E-state index contributed by atoms with van der Waals surface area (Å²) in [5, 5.41) is 29.5. The summed E-state index contributed by atoms with van der Waals surface area (Å²) in [6, 6.07) is 0. The zero-order valence-electron chi connectivity index (χ0n) is 4.05.